The summed E-state index contributed by atoms with van der Waals surface area (Å²) >= 11 is 0. The van der Waals surface area contributed by atoms with Crippen LogP contribution in [-0.2, 0) is 11.2 Å². The SMILES string of the molecule is C[C@@H]1CN([C@H](C)CO)C(=O)c2cc(/C=C/c3ccccc3)cnc2O[C@H]1CN(C)C(=O)Cc1cccnc1. The first-order chi connectivity index (χ1) is 18.4. The molecular formula is C30H34N4O4. The summed E-state index contributed by atoms with van der Waals surface area (Å²) in [6.07, 6.45) is 8.73. The maximum Gasteiger partial charge on any atom is 0.259 e. The molecule has 2 amide bonds. The number of fused-ring (bicyclic) bond motifs is 1. The van der Waals surface area contributed by atoms with Gasteiger partial charge in [-0.2, -0.15) is 0 Å². The number of rotatable bonds is 8. The Morgan fingerprint density at radius 3 is 2.66 bits per heavy atom. The van der Waals surface area contributed by atoms with Crippen LogP contribution in [0, 0.1) is 5.92 Å². The van der Waals surface area contributed by atoms with Gasteiger partial charge in [-0.3, -0.25) is 14.6 Å². The topological polar surface area (TPSA) is 95.9 Å². The third-order valence-electron chi connectivity index (χ3n) is 6.77. The molecule has 0 aliphatic carbocycles. The van der Waals surface area contributed by atoms with Crippen LogP contribution in [0.1, 0.15) is 40.9 Å². The predicted molar refractivity (Wildman–Crippen MR) is 146 cm³/mol. The number of amides is 2. The Labute approximate surface area is 223 Å². The summed E-state index contributed by atoms with van der Waals surface area (Å²) in [4.78, 5) is 38.4. The van der Waals surface area contributed by atoms with E-state index in [4.69, 9.17) is 4.74 Å². The Bertz CT molecular complexity index is 1270. The normalized spacial score (nSPS) is 18.3. The minimum absolute atomic E-state index is 0.0536. The van der Waals surface area contributed by atoms with E-state index in [0.717, 1.165) is 16.7 Å². The molecule has 2 aromatic heterocycles. The lowest BCUT2D eigenvalue weighted by molar-refractivity contribution is -0.130. The number of aliphatic hydroxyl groups is 1. The van der Waals surface area contributed by atoms with E-state index in [0.29, 0.717) is 18.7 Å². The highest BCUT2D eigenvalue weighted by molar-refractivity contribution is 5.97. The monoisotopic (exact) mass is 514 g/mol. The van der Waals surface area contributed by atoms with Crippen molar-refractivity contribution in [1.82, 2.24) is 19.8 Å². The highest BCUT2D eigenvalue weighted by atomic mass is 16.5. The van der Waals surface area contributed by atoms with Crippen molar-refractivity contribution in [1.29, 1.82) is 0 Å². The zero-order valence-corrected chi connectivity index (χ0v) is 22.0. The standard InChI is InChI=1S/C30H34N4O4/c1-21-18-34(22(2)20-35)30(37)26-14-25(12-11-23-8-5-4-6-9-23)17-32-29(26)38-27(21)19-33(3)28(36)15-24-10-7-13-31-16-24/h4-14,16-17,21-22,27,35H,15,18-20H2,1-3H3/b12-11+/t21-,22-,27+/m1/s1. The zero-order chi connectivity index (χ0) is 27.1. The molecule has 198 valence electrons. The summed E-state index contributed by atoms with van der Waals surface area (Å²) in [5, 5.41) is 9.88. The van der Waals surface area contributed by atoms with Crippen molar-refractivity contribution in [2.45, 2.75) is 32.4 Å². The minimum Gasteiger partial charge on any atom is -0.472 e. The van der Waals surface area contributed by atoms with Crippen LogP contribution in [0.5, 0.6) is 5.88 Å². The number of ether oxygens (including phenoxy) is 1. The molecule has 4 rings (SSSR count). The third-order valence-corrected chi connectivity index (χ3v) is 6.77. The summed E-state index contributed by atoms with van der Waals surface area (Å²) in [6.45, 7) is 4.34. The van der Waals surface area contributed by atoms with Crippen molar-refractivity contribution in [3.63, 3.8) is 0 Å². The molecule has 1 aliphatic rings. The van der Waals surface area contributed by atoms with Crippen molar-refractivity contribution in [2.24, 2.45) is 5.92 Å². The van der Waals surface area contributed by atoms with Gasteiger partial charge in [0.05, 0.1) is 25.6 Å². The number of likely N-dealkylation sites (N-methyl/N-ethyl adjacent to an activating group) is 1. The molecular weight excluding hydrogens is 480 g/mol. The van der Waals surface area contributed by atoms with Crippen LogP contribution < -0.4 is 4.74 Å². The largest absolute Gasteiger partial charge is 0.472 e. The number of benzene rings is 1. The first kappa shape index (κ1) is 27.0. The maximum atomic E-state index is 13.6. The van der Waals surface area contributed by atoms with Gasteiger partial charge >= 0.3 is 0 Å². The van der Waals surface area contributed by atoms with Crippen LogP contribution in [0.2, 0.25) is 0 Å². The van der Waals surface area contributed by atoms with Crippen molar-refractivity contribution in [3.8, 4) is 5.88 Å². The van der Waals surface area contributed by atoms with Crippen LogP contribution in [0.3, 0.4) is 0 Å². The number of aromatic nitrogens is 2. The second-order valence-corrected chi connectivity index (χ2v) is 9.80. The van der Waals surface area contributed by atoms with E-state index in [2.05, 4.69) is 9.97 Å². The molecule has 3 heterocycles. The predicted octanol–water partition coefficient (Wildman–Crippen LogP) is 3.57. The fourth-order valence-electron chi connectivity index (χ4n) is 4.37. The molecule has 0 spiro atoms. The Hall–Kier alpha value is -4.04. The fraction of sp³-hybridized carbons (Fsp3) is 0.333. The Morgan fingerprint density at radius 2 is 1.95 bits per heavy atom. The number of hydrogen-bond donors (Lipinski definition) is 1. The van der Waals surface area contributed by atoms with E-state index in [1.54, 1.807) is 41.5 Å². The van der Waals surface area contributed by atoms with Crippen molar-refractivity contribution in [3.05, 3.63) is 89.4 Å². The third kappa shape index (κ3) is 6.63. The van der Waals surface area contributed by atoms with Crippen molar-refractivity contribution in [2.75, 3.05) is 26.7 Å². The molecule has 0 unspecified atom stereocenters. The van der Waals surface area contributed by atoms with Gasteiger partial charge in [0, 0.05) is 38.1 Å². The molecule has 8 nitrogen and oxygen atoms in total. The first-order valence-electron chi connectivity index (χ1n) is 12.8. The van der Waals surface area contributed by atoms with Crippen molar-refractivity contribution >= 4 is 24.0 Å². The number of carbonyl (C=O) groups is 2. The van der Waals surface area contributed by atoms with E-state index in [-0.39, 0.29) is 42.7 Å². The maximum absolute atomic E-state index is 13.6. The van der Waals surface area contributed by atoms with E-state index < -0.39 is 6.10 Å². The van der Waals surface area contributed by atoms with Gasteiger partial charge in [0.25, 0.3) is 5.91 Å². The van der Waals surface area contributed by atoms with Gasteiger partial charge in [-0.1, -0.05) is 55.5 Å². The van der Waals surface area contributed by atoms with Gasteiger partial charge < -0.3 is 19.6 Å². The van der Waals surface area contributed by atoms with Crippen LogP contribution in [0.25, 0.3) is 12.2 Å². The minimum atomic E-state index is -0.406. The van der Waals surface area contributed by atoms with Crippen LogP contribution in [0.15, 0.2) is 67.1 Å². The summed E-state index contributed by atoms with van der Waals surface area (Å²) in [6, 6.07) is 14.9. The second-order valence-electron chi connectivity index (χ2n) is 9.80. The Balaban J connectivity index is 1.59. The number of nitrogens with zero attached hydrogens (tertiary/aromatic N) is 4. The molecule has 3 aromatic rings. The van der Waals surface area contributed by atoms with Crippen molar-refractivity contribution < 1.29 is 19.4 Å². The number of aliphatic hydroxyl groups excluding tert-OH is 1. The summed E-state index contributed by atoms with van der Waals surface area (Å²) < 4.78 is 6.32. The summed E-state index contributed by atoms with van der Waals surface area (Å²) in [7, 11) is 1.75. The van der Waals surface area contributed by atoms with Gasteiger partial charge in [0.1, 0.15) is 11.7 Å². The van der Waals surface area contributed by atoms with Gasteiger partial charge in [0.2, 0.25) is 11.8 Å². The average Bonchev–Trinajstić information content (AvgIpc) is 2.94. The molecule has 0 bridgehead atoms. The Kier molecular flexibility index (Phi) is 8.86. The molecule has 8 heteroatoms. The summed E-state index contributed by atoms with van der Waals surface area (Å²) in [5.74, 6) is -0.182. The van der Waals surface area contributed by atoms with Gasteiger partial charge in [-0.25, -0.2) is 4.98 Å². The van der Waals surface area contributed by atoms with E-state index in [9.17, 15) is 14.7 Å². The van der Waals surface area contributed by atoms with Gasteiger partial charge in [0.15, 0.2) is 0 Å². The molecule has 0 fully saturated rings. The zero-order valence-electron chi connectivity index (χ0n) is 22.0. The van der Waals surface area contributed by atoms with Gasteiger partial charge in [-0.15, -0.1) is 0 Å². The fourth-order valence-corrected chi connectivity index (χ4v) is 4.37. The highest BCUT2D eigenvalue weighted by Crippen LogP contribution is 2.28. The quantitative estimate of drug-likeness (QED) is 0.494. The van der Waals surface area contributed by atoms with Crippen LogP contribution in [-0.4, -0.2) is 75.6 Å². The molecule has 1 aliphatic heterocycles. The molecule has 38 heavy (non-hydrogen) atoms. The lowest BCUT2D eigenvalue weighted by atomic mass is 9.99. The van der Waals surface area contributed by atoms with Crippen LogP contribution >= 0.6 is 0 Å². The Morgan fingerprint density at radius 1 is 1.18 bits per heavy atom. The smallest absolute Gasteiger partial charge is 0.259 e. The lowest BCUT2D eigenvalue weighted by Crippen LogP contribution is -2.50. The molecule has 1 N–H and O–H groups in total. The molecule has 0 radical (unpaired) electrons. The number of carbonyl (C=O) groups excluding carboxylic acids is 2. The van der Waals surface area contributed by atoms with E-state index >= 15 is 0 Å². The molecule has 1 aromatic carbocycles. The van der Waals surface area contributed by atoms with E-state index in [1.165, 1.54) is 0 Å². The first-order valence-corrected chi connectivity index (χ1v) is 12.8. The van der Waals surface area contributed by atoms with E-state index in [1.807, 2.05) is 68.5 Å². The van der Waals surface area contributed by atoms with Gasteiger partial charge in [-0.05, 0) is 35.7 Å². The summed E-state index contributed by atoms with van der Waals surface area (Å²) in [5.41, 5.74) is 2.97. The molecule has 0 saturated carbocycles. The highest BCUT2D eigenvalue weighted by Gasteiger charge is 2.34. The molecule has 0 saturated heterocycles. The second kappa shape index (κ2) is 12.5. The number of pyridine rings is 2. The average molecular weight is 515 g/mol. The number of hydrogen-bond acceptors (Lipinski definition) is 6. The molecule has 3 atom stereocenters. The lowest BCUT2D eigenvalue weighted by Gasteiger charge is -2.37. The van der Waals surface area contributed by atoms with Crippen LogP contribution in [0.4, 0.5) is 0 Å².